The number of hydrogen-bond acceptors (Lipinski definition) is 5. The number of piperidine rings is 1. The number of nitrogens with one attached hydrogen (secondary N) is 1. The van der Waals surface area contributed by atoms with Gasteiger partial charge in [-0.05, 0) is 59.0 Å². The van der Waals surface area contributed by atoms with E-state index in [0.717, 1.165) is 45.4 Å². The van der Waals surface area contributed by atoms with Gasteiger partial charge >= 0.3 is 12.1 Å². The average Bonchev–Trinajstić information content (AvgIpc) is 2.45. The molecule has 1 heterocycles. The molecule has 1 aliphatic heterocycles. The molecule has 1 amide bonds. The van der Waals surface area contributed by atoms with Gasteiger partial charge in [-0.1, -0.05) is 0 Å². The zero-order valence-corrected chi connectivity index (χ0v) is 14.3. The molecule has 0 aromatic carbocycles. The Labute approximate surface area is 133 Å². The number of methoxy groups -OCH3 is 1. The van der Waals surface area contributed by atoms with Crippen LogP contribution < -0.4 is 5.32 Å². The second-order valence-corrected chi connectivity index (χ2v) is 6.82. The molecule has 1 unspecified atom stereocenters. The highest BCUT2D eigenvalue weighted by molar-refractivity contribution is 5.69. The van der Waals surface area contributed by atoms with Crippen molar-refractivity contribution in [2.75, 3.05) is 33.3 Å². The minimum Gasteiger partial charge on any atom is -0.469 e. The molecule has 1 N–H and O–H groups in total. The Morgan fingerprint density at radius 3 is 2.68 bits per heavy atom. The quantitative estimate of drug-likeness (QED) is 0.601. The maximum absolute atomic E-state index is 12.1. The van der Waals surface area contributed by atoms with Crippen molar-refractivity contribution in [2.45, 2.75) is 52.1 Å². The molecule has 1 atom stereocenters. The fourth-order valence-electron chi connectivity index (χ4n) is 2.49. The summed E-state index contributed by atoms with van der Waals surface area (Å²) in [4.78, 5) is 24.9. The van der Waals surface area contributed by atoms with Crippen molar-refractivity contribution in [3.05, 3.63) is 0 Å². The van der Waals surface area contributed by atoms with Gasteiger partial charge in [-0.2, -0.15) is 0 Å². The van der Waals surface area contributed by atoms with Crippen LogP contribution in [0.5, 0.6) is 0 Å². The van der Waals surface area contributed by atoms with Gasteiger partial charge in [0.25, 0.3) is 0 Å². The molecular formula is C16H30N2O4. The van der Waals surface area contributed by atoms with Crippen molar-refractivity contribution < 1.29 is 19.1 Å². The number of carbonyl (C=O) groups excluding carboxylic acids is 2. The van der Waals surface area contributed by atoms with Crippen molar-refractivity contribution in [3.63, 3.8) is 0 Å². The third-order valence-corrected chi connectivity index (χ3v) is 3.57. The topological polar surface area (TPSA) is 67.9 Å². The summed E-state index contributed by atoms with van der Waals surface area (Å²) in [5, 5.41) is 3.36. The molecule has 0 saturated carbocycles. The van der Waals surface area contributed by atoms with E-state index in [4.69, 9.17) is 4.74 Å². The Balaban J connectivity index is 2.23. The number of amides is 1. The molecule has 22 heavy (non-hydrogen) atoms. The zero-order chi connectivity index (χ0) is 16.6. The Kier molecular flexibility index (Phi) is 7.65. The largest absolute Gasteiger partial charge is 0.469 e. The van der Waals surface area contributed by atoms with E-state index in [2.05, 4.69) is 10.1 Å². The predicted octanol–water partition coefficient (Wildman–Crippen LogP) is 2.18. The lowest BCUT2D eigenvalue weighted by atomic mass is 9.98. The van der Waals surface area contributed by atoms with E-state index in [9.17, 15) is 9.59 Å². The SMILES string of the molecule is COC(=O)CCCNCC1CCCN(C(=O)OC(C)(C)C)C1. The summed E-state index contributed by atoms with van der Waals surface area (Å²) in [6.07, 6.45) is 3.12. The average molecular weight is 314 g/mol. The summed E-state index contributed by atoms with van der Waals surface area (Å²) >= 11 is 0. The number of esters is 1. The summed E-state index contributed by atoms with van der Waals surface area (Å²) in [5.41, 5.74) is -0.448. The number of likely N-dealkylation sites (tertiary alicyclic amines) is 1. The smallest absolute Gasteiger partial charge is 0.410 e. The highest BCUT2D eigenvalue weighted by Gasteiger charge is 2.27. The first-order valence-corrected chi connectivity index (χ1v) is 8.07. The van der Waals surface area contributed by atoms with Crippen LogP contribution in [0.15, 0.2) is 0 Å². The lowest BCUT2D eigenvalue weighted by Crippen LogP contribution is -2.45. The van der Waals surface area contributed by atoms with Gasteiger partial charge in [0.15, 0.2) is 0 Å². The fraction of sp³-hybridized carbons (Fsp3) is 0.875. The van der Waals surface area contributed by atoms with E-state index in [-0.39, 0.29) is 12.1 Å². The van der Waals surface area contributed by atoms with E-state index in [0.29, 0.717) is 12.3 Å². The molecule has 128 valence electrons. The van der Waals surface area contributed by atoms with Crippen LogP contribution in [0.3, 0.4) is 0 Å². The van der Waals surface area contributed by atoms with Crippen LogP contribution >= 0.6 is 0 Å². The van der Waals surface area contributed by atoms with Crippen molar-refractivity contribution >= 4 is 12.1 Å². The standard InChI is InChI=1S/C16H30N2O4/c1-16(2,3)22-15(20)18-10-6-7-13(12-18)11-17-9-5-8-14(19)21-4/h13,17H,5-12H2,1-4H3. The van der Waals surface area contributed by atoms with E-state index in [1.54, 1.807) is 4.90 Å². The number of hydrogen-bond donors (Lipinski definition) is 1. The molecule has 1 fully saturated rings. The molecule has 0 radical (unpaired) electrons. The van der Waals surface area contributed by atoms with E-state index in [1.165, 1.54) is 7.11 Å². The molecule has 0 bridgehead atoms. The summed E-state index contributed by atoms with van der Waals surface area (Å²) in [5.74, 6) is 0.273. The maximum Gasteiger partial charge on any atom is 0.410 e. The molecule has 1 saturated heterocycles. The third-order valence-electron chi connectivity index (χ3n) is 3.57. The molecule has 0 spiro atoms. The van der Waals surface area contributed by atoms with Gasteiger partial charge in [-0.3, -0.25) is 4.79 Å². The summed E-state index contributed by atoms with van der Waals surface area (Å²) < 4.78 is 10.0. The van der Waals surface area contributed by atoms with Crippen LogP contribution in [0.1, 0.15) is 46.5 Å². The molecule has 1 aliphatic rings. The van der Waals surface area contributed by atoms with Gasteiger partial charge in [0, 0.05) is 19.5 Å². The van der Waals surface area contributed by atoms with Crippen LogP contribution in [0.2, 0.25) is 0 Å². The highest BCUT2D eigenvalue weighted by Crippen LogP contribution is 2.18. The fourth-order valence-corrected chi connectivity index (χ4v) is 2.49. The molecule has 6 nitrogen and oxygen atoms in total. The molecule has 6 heteroatoms. The maximum atomic E-state index is 12.1. The zero-order valence-electron chi connectivity index (χ0n) is 14.3. The Bertz CT molecular complexity index is 366. The van der Waals surface area contributed by atoms with Crippen LogP contribution in [0.4, 0.5) is 4.79 Å². The van der Waals surface area contributed by atoms with Gasteiger partial charge in [-0.25, -0.2) is 4.79 Å². The van der Waals surface area contributed by atoms with E-state index >= 15 is 0 Å². The van der Waals surface area contributed by atoms with Gasteiger partial charge in [-0.15, -0.1) is 0 Å². The van der Waals surface area contributed by atoms with Crippen LogP contribution in [-0.2, 0) is 14.3 Å². The number of rotatable bonds is 6. The minimum atomic E-state index is -0.448. The first-order chi connectivity index (χ1) is 10.3. The van der Waals surface area contributed by atoms with E-state index in [1.807, 2.05) is 20.8 Å². The molecule has 0 aromatic rings. The van der Waals surface area contributed by atoms with Crippen molar-refractivity contribution in [1.29, 1.82) is 0 Å². The number of carbonyl (C=O) groups is 2. The second kappa shape index (κ2) is 8.98. The first kappa shape index (κ1) is 18.7. The lowest BCUT2D eigenvalue weighted by Gasteiger charge is -2.34. The Hall–Kier alpha value is -1.30. The van der Waals surface area contributed by atoms with Gasteiger partial charge in [0.2, 0.25) is 0 Å². The summed E-state index contributed by atoms with van der Waals surface area (Å²) in [6.45, 7) is 8.81. The molecule has 0 aliphatic carbocycles. The van der Waals surface area contributed by atoms with Crippen molar-refractivity contribution in [2.24, 2.45) is 5.92 Å². The predicted molar refractivity (Wildman–Crippen MR) is 84.7 cm³/mol. The number of nitrogens with zero attached hydrogens (tertiary/aromatic N) is 1. The second-order valence-electron chi connectivity index (χ2n) is 6.82. The van der Waals surface area contributed by atoms with Gasteiger partial charge in [0.05, 0.1) is 7.11 Å². The summed E-state index contributed by atoms with van der Waals surface area (Å²) in [7, 11) is 1.41. The summed E-state index contributed by atoms with van der Waals surface area (Å²) in [6, 6.07) is 0. The van der Waals surface area contributed by atoms with Crippen molar-refractivity contribution in [3.8, 4) is 0 Å². The third kappa shape index (κ3) is 7.64. The van der Waals surface area contributed by atoms with E-state index < -0.39 is 5.60 Å². The van der Waals surface area contributed by atoms with Crippen LogP contribution in [0, 0.1) is 5.92 Å². The molecular weight excluding hydrogens is 284 g/mol. The molecule has 0 aromatic heterocycles. The van der Waals surface area contributed by atoms with Gasteiger partial charge < -0.3 is 19.7 Å². The normalized spacial score (nSPS) is 18.9. The number of ether oxygens (including phenoxy) is 2. The minimum absolute atomic E-state index is 0.171. The first-order valence-electron chi connectivity index (χ1n) is 8.07. The molecule has 1 rings (SSSR count). The van der Waals surface area contributed by atoms with Crippen LogP contribution in [0.25, 0.3) is 0 Å². The van der Waals surface area contributed by atoms with Crippen LogP contribution in [-0.4, -0.2) is 55.9 Å². The Morgan fingerprint density at radius 1 is 1.32 bits per heavy atom. The van der Waals surface area contributed by atoms with Crippen molar-refractivity contribution in [1.82, 2.24) is 10.2 Å². The monoisotopic (exact) mass is 314 g/mol. The van der Waals surface area contributed by atoms with Gasteiger partial charge in [0.1, 0.15) is 5.60 Å². The lowest BCUT2D eigenvalue weighted by molar-refractivity contribution is -0.140. The Morgan fingerprint density at radius 2 is 2.05 bits per heavy atom. The highest BCUT2D eigenvalue weighted by atomic mass is 16.6.